The zero-order valence-electron chi connectivity index (χ0n) is 11.9. The lowest BCUT2D eigenvalue weighted by Crippen LogP contribution is -2.04. The molecule has 0 heterocycles. The summed E-state index contributed by atoms with van der Waals surface area (Å²) < 4.78 is 5.15. The second kappa shape index (κ2) is 6.60. The molecular weight excluding hydrogens is 270 g/mol. The van der Waals surface area contributed by atoms with Crippen LogP contribution in [0.5, 0.6) is 5.75 Å². The largest absolute Gasteiger partial charge is 0.497 e. The van der Waals surface area contributed by atoms with E-state index in [1.54, 1.807) is 31.4 Å². The van der Waals surface area contributed by atoms with Gasteiger partial charge in [0.1, 0.15) is 17.1 Å². The summed E-state index contributed by atoms with van der Waals surface area (Å²) in [4.78, 5) is 10.9. The molecule has 0 bridgehead atoms. The third kappa shape index (κ3) is 3.42. The Morgan fingerprint density at radius 3 is 2.57 bits per heavy atom. The van der Waals surface area contributed by atoms with Gasteiger partial charge in [-0.25, -0.2) is 0 Å². The Hall–Kier alpha value is -2.76. The summed E-state index contributed by atoms with van der Waals surface area (Å²) in [6, 6.07) is 12.4. The second-order valence-electron chi connectivity index (χ2n) is 4.35. The summed E-state index contributed by atoms with van der Waals surface area (Å²) in [7, 11) is 1.58. The molecule has 0 amide bonds. The normalized spacial score (nSPS) is 10.0. The van der Waals surface area contributed by atoms with Gasteiger partial charge < -0.3 is 15.4 Å². The molecule has 0 aliphatic rings. The van der Waals surface area contributed by atoms with Gasteiger partial charge in [-0.15, -0.1) is 0 Å². The van der Waals surface area contributed by atoms with E-state index in [1.165, 1.54) is 0 Å². The number of hydrogen-bond acceptors (Lipinski definition) is 5. The molecule has 6 nitrogen and oxygen atoms in total. The van der Waals surface area contributed by atoms with Crippen LogP contribution in [0.15, 0.2) is 42.5 Å². The number of benzene rings is 2. The Labute approximate surface area is 122 Å². The van der Waals surface area contributed by atoms with Gasteiger partial charge in [-0.3, -0.25) is 10.1 Å². The van der Waals surface area contributed by atoms with Crippen molar-refractivity contribution in [3.63, 3.8) is 0 Å². The molecule has 0 aliphatic heterocycles. The summed E-state index contributed by atoms with van der Waals surface area (Å²) in [5.41, 5.74) is 1.69. The number of ether oxygens (including phenoxy) is 1. The van der Waals surface area contributed by atoms with Crippen LogP contribution in [-0.2, 0) is 0 Å². The van der Waals surface area contributed by atoms with Crippen LogP contribution in [0.1, 0.15) is 6.92 Å². The summed E-state index contributed by atoms with van der Waals surface area (Å²) >= 11 is 0. The third-order valence-corrected chi connectivity index (χ3v) is 2.93. The van der Waals surface area contributed by atoms with Crippen LogP contribution in [-0.4, -0.2) is 18.6 Å². The van der Waals surface area contributed by atoms with Crippen LogP contribution >= 0.6 is 0 Å². The predicted octanol–water partition coefficient (Wildman–Crippen LogP) is 3.78. The first kappa shape index (κ1) is 14.6. The number of nitro groups is 1. The molecule has 2 N–H and O–H groups in total. The first-order chi connectivity index (χ1) is 10.2. The van der Waals surface area contributed by atoms with Gasteiger partial charge >= 0.3 is 5.69 Å². The minimum Gasteiger partial charge on any atom is -0.497 e. The van der Waals surface area contributed by atoms with Gasteiger partial charge in [-0.2, -0.15) is 0 Å². The number of anilines is 3. The zero-order chi connectivity index (χ0) is 15.2. The molecular formula is C15H17N3O3. The Morgan fingerprint density at radius 2 is 1.90 bits per heavy atom. The maximum absolute atomic E-state index is 11.3. The maximum atomic E-state index is 11.3. The maximum Gasteiger partial charge on any atom is 0.315 e. The van der Waals surface area contributed by atoms with Crippen molar-refractivity contribution < 1.29 is 9.66 Å². The van der Waals surface area contributed by atoms with Crippen LogP contribution in [0.4, 0.5) is 22.7 Å². The van der Waals surface area contributed by atoms with E-state index in [0.29, 0.717) is 23.7 Å². The first-order valence-corrected chi connectivity index (χ1v) is 6.58. The molecule has 0 aliphatic carbocycles. The van der Waals surface area contributed by atoms with Crippen molar-refractivity contribution in [1.82, 2.24) is 0 Å². The highest BCUT2D eigenvalue weighted by atomic mass is 16.6. The number of para-hydroxylation sites is 1. The Kier molecular flexibility index (Phi) is 4.61. The van der Waals surface area contributed by atoms with Crippen LogP contribution in [0, 0.1) is 10.1 Å². The van der Waals surface area contributed by atoms with Crippen molar-refractivity contribution in [1.29, 1.82) is 0 Å². The van der Waals surface area contributed by atoms with Gasteiger partial charge in [0.2, 0.25) is 0 Å². The van der Waals surface area contributed by atoms with E-state index >= 15 is 0 Å². The topological polar surface area (TPSA) is 76.4 Å². The molecule has 6 heteroatoms. The molecule has 0 radical (unpaired) electrons. The third-order valence-electron chi connectivity index (χ3n) is 2.93. The average Bonchev–Trinajstić information content (AvgIpc) is 2.47. The molecule has 0 saturated heterocycles. The van der Waals surface area contributed by atoms with E-state index in [0.717, 1.165) is 5.69 Å². The molecule has 0 unspecified atom stereocenters. The van der Waals surface area contributed by atoms with Gasteiger partial charge in [-0.05, 0) is 31.2 Å². The average molecular weight is 287 g/mol. The van der Waals surface area contributed by atoms with Crippen LogP contribution < -0.4 is 15.4 Å². The fourth-order valence-electron chi connectivity index (χ4n) is 2.03. The Bertz CT molecular complexity index is 644. The van der Waals surface area contributed by atoms with E-state index in [4.69, 9.17) is 4.74 Å². The minimum absolute atomic E-state index is 0.0298. The van der Waals surface area contributed by atoms with E-state index < -0.39 is 0 Å². The summed E-state index contributed by atoms with van der Waals surface area (Å²) in [5.74, 6) is 0.686. The molecule has 0 fully saturated rings. The fraction of sp³-hybridized carbons (Fsp3) is 0.200. The Morgan fingerprint density at radius 1 is 1.19 bits per heavy atom. The number of nitrogens with zero attached hydrogens (tertiary/aromatic N) is 1. The smallest absolute Gasteiger partial charge is 0.315 e. The lowest BCUT2D eigenvalue weighted by Gasteiger charge is -2.11. The van der Waals surface area contributed by atoms with Crippen molar-refractivity contribution in [3.05, 3.63) is 52.6 Å². The fourth-order valence-corrected chi connectivity index (χ4v) is 2.03. The number of methoxy groups -OCH3 is 1. The SMILES string of the molecule is CCNc1cccc(Nc2cccc(OC)c2)c1[N+](=O)[O-]. The van der Waals surface area contributed by atoms with Gasteiger partial charge in [0.05, 0.1) is 12.0 Å². The molecule has 0 atom stereocenters. The summed E-state index contributed by atoms with van der Waals surface area (Å²) in [6.45, 7) is 2.51. The first-order valence-electron chi connectivity index (χ1n) is 6.58. The zero-order valence-corrected chi connectivity index (χ0v) is 11.9. The molecule has 2 aromatic rings. The van der Waals surface area contributed by atoms with Gasteiger partial charge in [-0.1, -0.05) is 12.1 Å². The highest BCUT2D eigenvalue weighted by Gasteiger charge is 2.19. The Balaban J connectivity index is 2.38. The number of rotatable bonds is 6. The molecule has 110 valence electrons. The van der Waals surface area contributed by atoms with Crippen molar-refractivity contribution >= 4 is 22.7 Å². The van der Waals surface area contributed by atoms with Crippen molar-refractivity contribution in [2.24, 2.45) is 0 Å². The molecule has 0 spiro atoms. The second-order valence-corrected chi connectivity index (χ2v) is 4.35. The minimum atomic E-state index is -0.388. The number of nitro benzene ring substituents is 1. The molecule has 0 saturated carbocycles. The predicted molar refractivity (Wildman–Crippen MR) is 83.5 cm³/mol. The molecule has 2 aromatic carbocycles. The van der Waals surface area contributed by atoms with Gasteiger partial charge in [0.15, 0.2) is 0 Å². The lowest BCUT2D eigenvalue weighted by molar-refractivity contribution is -0.383. The van der Waals surface area contributed by atoms with E-state index in [1.807, 2.05) is 25.1 Å². The molecule has 2 rings (SSSR count). The highest BCUT2D eigenvalue weighted by molar-refractivity contribution is 5.79. The monoisotopic (exact) mass is 287 g/mol. The quantitative estimate of drug-likeness (QED) is 0.624. The highest BCUT2D eigenvalue weighted by Crippen LogP contribution is 2.35. The van der Waals surface area contributed by atoms with Crippen LogP contribution in [0.2, 0.25) is 0 Å². The summed E-state index contributed by atoms with van der Waals surface area (Å²) in [6.07, 6.45) is 0. The van der Waals surface area contributed by atoms with E-state index in [-0.39, 0.29) is 10.6 Å². The van der Waals surface area contributed by atoms with Gasteiger partial charge in [0.25, 0.3) is 0 Å². The van der Waals surface area contributed by atoms with Crippen LogP contribution in [0.3, 0.4) is 0 Å². The standard InChI is InChI=1S/C15H17N3O3/c1-3-16-13-8-5-9-14(15(13)18(19)20)17-11-6-4-7-12(10-11)21-2/h4-10,16-17H,3H2,1-2H3. The van der Waals surface area contributed by atoms with E-state index in [2.05, 4.69) is 10.6 Å². The summed E-state index contributed by atoms with van der Waals surface area (Å²) in [5, 5.41) is 17.4. The van der Waals surface area contributed by atoms with Gasteiger partial charge in [0, 0.05) is 18.3 Å². The molecule has 0 aromatic heterocycles. The molecule has 21 heavy (non-hydrogen) atoms. The van der Waals surface area contributed by atoms with Crippen molar-refractivity contribution in [2.75, 3.05) is 24.3 Å². The number of nitrogens with one attached hydrogen (secondary N) is 2. The van der Waals surface area contributed by atoms with Crippen molar-refractivity contribution in [3.8, 4) is 5.75 Å². The van der Waals surface area contributed by atoms with E-state index in [9.17, 15) is 10.1 Å². The number of hydrogen-bond donors (Lipinski definition) is 2. The van der Waals surface area contributed by atoms with Crippen LogP contribution in [0.25, 0.3) is 0 Å². The lowest BCUT2D eigenvalue weighted by atomic mass is 10.2. The van der Waals surface area contributed by atoms with Crippen molar-refractivity contribution in [2.45, 2.75) is 6.92 Å².